The summed E-state index contributed by atoms with van der Waals surface area (Å²) in [6.07, 6.45) is 3.45. The number of guanidine groups is 2. The Morgan fingerprint density at radius 1 is 0.702 bits per heavy atom. The summed E-state index contributed by atoms with van der Waals surface area (Å²) in [6.45, 7) is 1.28. The number of benzene rings is 5. The average Bonchev–Trinajstić information content (AvgIpc) is 3.13. The van der Waals surface area contributed by atoms with Gasteiger partial charge in [-0.15, -0.1) is 0 Å². The molecule has 0 amide bonds. The number of hydrogen-bond donors (Lipinski definition) is 3. The molecule has 0 radical (unpaired) electrons. The third-order valence-corrected chi connectivity index (χ3v) is 18.7. The first-order valence-corrected chi connectivity index (χ1v) is 20.5. The molecule has 6 nitrogen and oxygen atoms in total. The van der Waals surface area contributed by atoms with E-state index in [0.717, 1.165) is 36.7 Å². The Balaban J connectivity index is 1.09. The van der Waals surface area contributed by atoms with Gasteiger partial charge in [-0.25, -0.2) is 0 Å². The molecule has 5 aromatic rings. The maximum atomic E-state index is 6.23. The number of nitrogens with one attached hydrogen (secondary N) is 2. The van der Waals surface area contributed by atoms with E-state index in [1.165, 1.54) is 21.5 Å². The fraction of sp³-hybridized carbons (Fsp3) is 0.179. The molecule has 47 heavy (non-hydrogen) atoms. The molecule has 0 aliphatic carbocycles. The van der Waals surface area contributed by atoms with Crippen LogP contribution in [0.1, 0.15) is 30.1 Å². The number of rotatable bonds is 13. The van der Waals surface area contributed by atoms with Crippen molar-refractivity contribution in [2.45, 2.75) is 25.4 Å². The van der Waals surface area contributed by atoms with E-state index in [4.69, 9.17) is 10.5 Å². The van der Waals surface area contributed by atoms with Crippen LogP contribution in [-0.2, 0) is 6.42 Å². The molecule has 240 valence electrons. The molecule has 0 bridgehead atoms. The predicted molar refractivity (Wildman–Crippen MR) is 203 cm³/mol. The fourth-order valence-electron chi connectivity index (χ4n) is 6.17. The Hall–Kier alpha value is -4.45. The van der Waals surface area contributed by atoms with Gasteiger partial charge in [0.2, 0.25) is 0 Å². The summed E-state index contributed by atoms with van der Waals surface area (Å²) in [5, 5.41) is 7.49. The number of ether oxygens (including phenoxy) is 1. The zero-order valence-electron chi connectivity index (χ0n) is 26.4. The normalized spacial score (nSPS) is 16.3. The Morgan fingerprint density at radius 3 is 1.79 bits per heavy atom. The molecule has 0 spiro atoms. The van der Waals surface area contributed by atoms with Crippen molar-refractivity contribution in [2.75, 3.05) is 19.3 Å². The van der Waals surface area contributed by atoms with Crippen molar-refractivity contribution in [1.82, 2.24) is 10.6 Å². The monoisotopic (exact) mass is 705 g/mol. The molecule has 0 fully saturated rings. The van der Waals surface area contributed by atoms with Crippen molar-refractivity contribution in [3.05, 3.63) is 157 Å². The first-order valence-electron chi connectivity index (χ1n) is 16.1. The number of aliphatic imine (C=N–C) groups is 2. The van der Waals surface area contributed by atoms with Gasteiger partial charge in [0.1, 0.15) is 0 Å². The first kappa shape index (κ1) is 32.5. The summed E-state index contributed by atoms with van der Waals surface area (Å²) in [4.78, 5) is 9.21. The molecule has 4 N–H and O–H groups in total. The van der Waals surface area contributed by atoms with Crippen LogP contribution in [0.15, 0.2) is 156 Å². The zero-order valence-corrected chi connectivity index (χ0v) is 28.9. The van der Waals surface area contributed by atoms with Gasteiger partial charge in [-0.3, -0.25) is 10.3 Å². The van der Waals surface area contributed by atoms with Gasteiger partial charge >= 0.3 is 222 Å². The summed E-state index contributed by atoms with van der Waals surface area (Å²) >= 11 is 4.54. The molecule has 1 aliphatic rings. The number of halogens is 1. The smallest absolute Gasteiger partial charge is 0.297 e. The molecule has 1 atom stereocenters. The van der Waals surface area contributed by atoms with E-state index in [2.05, 4.69) is 139 Å². The van der Waals surface area contributed by atoms with Gasteiger partial charge in [0, 0.05) is 6.54 Å². The van der Waals surface area contributed by atoms with E-state index in [9.17, 15) is 0 Å². The predicted octanol–water partition coefficient (Wildman–Crippen LogP) is 6.79. The number of unbranched alkanes of at least 4 members (excludes halogenated alkanes) is 1. The third-order valence-electron chi connectivity index (χ3n) is 8.62. The second kappa shape index (κ2) is 15.0. The zero-order chi connectivity index (χ0) is 32.4. The van der Waals surface area contributed by atoms with Crippen LogP contribution >= 0.6 is 20.8 Å². The second-order valence-electron chi connectivity index (χ2n) is 11.7. The minimum atomic E-state index is -2.92. The van der Waals surface area contributed by atoms with Crippen LogP contribution in [0.2, 0.25) is 0 Å². The van der Waals surface area contributed by atoms with Crippen molar-refractivity contribution in [3.8, 4) is 5.75 Å². The molecule has 5 aromatic carbocycles. The molecule has 0 saturated heterocycles. The van der Waals surface area contributed by atoms with Crippen molar-refractivity contribution in [2.24, 2.45) is 15.7 Å². The van der Waals surface area contributed by atoms with E-state index in [-0.39, 0.29) is 6.17 Å². The third kappa shape index (κ3) is 7.43. The van der Waals surface area contributed by atoms with E-state index in [1.54, 1.807) is 0 Å². The van der Waals surface area contributed by atoms with Gasteiger partial charge in [0.05, 0.1) is 0 Å². The summed E-state index contributed by atoms with van der Waals surface area (Å²) in [5.74, 6) is 1.81. The fourth-order valence-corrected chi connectivity index (χ4v) is 13.9. The van der Waals surface area contributed by atoms with Crippen LogP contribution in [-0.4, -0.2) is 31.2 Å². The molecular formula is C39H41BrN5OP. The van der Waals surface area contributed by atoms with Gasteiger partial charge in [-0.2, -0.15) is 0 Å². The van der Waals surface area contributed by atoms with Crippen LogP contribution in [0.3, 0.4) is 0 Å². The molecule has 1 heterocycles. The van der Waals surface area contributed by atoms with Crippen LogP contribution in [0.4, 0.5) is 0 Å². The van der Waals surface area contributed by atoms with Gasteiger partial charge < -0.3 is 5.73 Å². The van der Waals surface area contributed by atoms with E-state index < -0.39 is 5.31 Å². The topological polar surface area (TPSA) is 84.0 Å². The van der Waals surface area contributed by atoms with Crippen LogP contribution < -0.4 is 37.0 Å². The van der Waals surface area contributed by atoms with Gasteiger partial charge in [0.15, 0.2) is 0 Å². The van der Waals surface area contributed by atoms with Crippen LogP contribution in [0, 0.1) is 0 Å². The molecule has 6 rings (SSSR count). The Morgan fingerprint density at radius 2 is 1.23 bits per heavy atom. The number of nitrogens with two attached hydrogens (primary N) is 1. The minimum Gasteiger partial charge on any atom is -0.297 e. The Labute approximate surface area is 285 Å². The summed E-state index contributed by atoms with van der Waals surface area (Å²) in [5.41, 5.74) is 8.34. The average molecular weight is 707 g/mol. The number of hydrogen-bond acceptors (Lipinski definition) is 4. The quantitative estimate of drug-likeness (QED) is 0.0931. The maximum absolute atomic E-state index is 6.23. The van der Waals surface area contributed by atoms with E-state index >= 15 is 0 Å². The SMILES string of the molecule is NC1=NC(c2ccc(OCCCCP(Br)(c3ccccc3)(c3ccccc3)c3ccccc3)cc2)NC(=NCCc2ccccc2)N1. The van der Waals surface area contributed by atoms with E-state index in [0.29, 0.717) is 25.1 Å². The van der Waals surface area contributed by atoms with Crippen LogP contribution in [0.25, 0.3) is 0 Å². The van der Waals surface area contributed by atoms with E-state index in [1.807, 2.05) is 42.5 Å². The molecule has 8 heteroatoms. The summed E-state index contributed by atoms with van der Waals surface area (Å²) in [7, 11) is 0. The van der Waals surface area contributed by atoms with Crippen molar-refractivity contribution in [1.29, 1.82) is 0 Å². The van der Waals surface area contributed by atoms with Crippen LogP contribution in [0.5, 0.6) is 5.75 Å². The summed E-state index contributed by atoms with van der Waals surface area (Å²) < 4.78 is 6.23. The second-order valence-corrected chi connectivity index (χ2v) is 20.7. The molecule has 0 aromatic heterocycles. The minimum absolute atomic E-state index is 0.317. The van der Waals surface area contributed by atoms with Crippen molar-refractivity contribution < 1.29 is 4.74 Å². The molecule has 0 saturated carbocycles. The molecule has 1 unspecified atom stereocenters. The van der Waals surface area contributed by atoms with Gasteiger partial charge in [-0.05, 0) is 12.0 Å². The Bertz CT molecular complexity index is 1690. The molecule has 1 aliphatic heterocycles. The first-order chi connectivity index (χ1) is 23.0. The number of nitrogens with zero attached hydrogens (tertiary/aromatic N) is 2. The standard InChI is InChI=1S/C39H41BrN5OP/c40-47(34-17-7-2-8-18-34,35-19-9-3-10-20-35,36-21-11-4-12-22-36)30-14-13-29-46-33-25-23-32(24-26-33)37-43-38(41)45-39(44-37)42-28-27-31-15-5-1-6-16-31/h1-12,15-26,37H,13-14,27-30H2,(H4,41,42,43,44,45). The van der Waals surface area contributed by atoms with Crippen molar-refractivity contribution >= 4 is 48.6 Å². The molecular weight excluding hydrogens is 665 g/mol. The van der Waals surface area contributed by atoms with Gasteiger partial charge in [0.25, 0.3) is 0 Å². The van der Waals surface area contributed by atoms with Gasteiger partial charge in [-0.1, -0.05) is 30.3 Å². The van der Waals surface area contributed by atoms with Crippen molar-refractivity contribution in [3.63, 3.8) is 0 Å². The Kier molecular flexibility index (Phi) is 10.4. The summed E-state index contributed by atoms with van der Waals surface area (Å²) in [6, 6.07) is 51.2.